The minimum Gasteiger partial charge on any atom is -0.497 e. The molecule has 0 bridgehead atoms. The molecular weight excluding hydrogens is 304 g/mol. The quantitative estimate of drug-likeness (QED) is 0.884. The highest BCUT2D eigenvalue weighted by Crippen LogP contribution is 2.16. The van der Waals surface area contributed by atoms with Crippen LogP contribution in [0.4, 0.5) is 0 Å². The lowest BCUT2D eigenvalue weighted by Crippen LogP contribution is -2.29. The molecule has 0 saturated heterocycles. The van der Waals surface area contributed by atoms with Crippen LogP contribution in [-0.2, 0) is 30.6 Å². The summed E-state index contributed by atoms with van der Waals surface area (Å²) >= 11 is 0. The van der Waals surface area contributed by atoms with Gasteiger partial charge < -0.3 is 15.0 Å². The second-order valence-corrected chi connectivity index (χ2v) is 6.11. The number of amides is 1. The maximum absolute atomic E-state index is 12.5. The summed E-state index contributed by atoms with van der Waals surface area (Å²) in [6, 6.07) is 7.55. The first-order chi connectivity index (χ1) is 11.7. The van der Waals surface area contributed by atoms with E-state index < -0.39 is 0 Å². The van der Waals surface area contributed by atoms with E-state index in [1.165, 1.54) is 0 Å². The molecule has 1 aliphatic rings. The van der Waals surface area contributed by atoms with E-state index in [0.717, 1.165) is 48.3 Å². The smallest absolute Gasteiger partial charge is 0.224 e. The van der Waals surface area contributed by atoms with Crippen LogP contribution in [0.2, 0.25) is 0 Å². The van der Waals surface area contributed by atoms with E-state index in [1.807, 2.05) is 24.3 Å². The number of rotatable bonds is 5. The highest BCUT2D eigenvalue weighted by molar-refractivity contribution is 5.78. The minimum atomic E-state index is -0.154. The van der Waals surface area contributed by atoms with Crippen molar-refractivity contribution in [1.82, 2.24) is 10.3 Å². The molecule has 1 amide bonds. The van der Waals surface area contributed by atoms with Crippen LogP contribution in [0.15, 0.2) is 35.3 Å². The fourth-order valence-electron chi connectivity index (χ4n) is 3.10. The lowest BCUT2D eigenvalue weighted by atomic mass is 9.94. The topological polar surface area (TPSA) is 71.2 Å². The molecule has 0 aliphatic heterocycles. The summed E-state index contributed by atoms with van der Waals surface area (Å²) in [5.41, 5.74) is 3.42. The minimum absolute atomic E-state index is 0.0278. The van der Waals surface area contributed by atoms with Gasteiger partial charge in [0.05, 0.1) is 13.5 Å². The van der Waals surface area contributed by atoms with E-state index in [1.54, 1.807) is 13.3 Å². The number of methoxy groups -OCH3 is 1. The van der Waals surface area contributed by atoms with E-state index in [-0.39, 0.29) is 17.8 Å². The first-order valence-corrected chi connectivity index (χ1v) is 8.29. The Labute approximate surface area is 141 Å². The third kappa shape index (κ3) is 3.67. The Kier molecular flexibility index (Phi) is 4.99. The molecule has 2 aromatic rings. The van der Waals surface area contributed by atoms with Gasteiger partial charge in [-0.2, -0.15) is 0 Å². The summed E-state index contributed by atoms with van der Waals surface area (Å²) in [5, 5.41) is 2.86. The number of aromatic amines is 1. The molecule has 3 rings (SSSR count). The molecule has 5 nitrogen and oxygen atoms in total. The zero-order valence-electron chi connectivity index (χ0n) is 13.9. The summed E-state index contributed by atoms with van der Waals surface area (Å²) in [6.07, 6.45) is 5.69. The van der Waals surface area contributed by atoms with Gasteiger partial charge in [-0.15, -0.1) is 0 Å². The molecule has 126 valence electrons. The molecule has 0 atom stereocenters. The average molecular weight is 326 g/mol. The normalized spacial score (nSPS) is 13.2. The number of ether oxygens (including phenoxy) is 1. The molecule has 0 fully saturated rings. The molecule has 2 N–H and O–H groups in total. The van der Waals surface area contributed by atoms with E-state index in [0.29, 0.717) is 12.1 Å². The van der Waals surface area contributed by atoms with Gasteiger partial charge in [0, 0.05) is 29.6 Å². The van der Waals surface area contributed by atoms with Crippen LogP contribution >= 0.6 is 0 Å². The number of aromatic nitrogens is 1. The van der Waals surface area contributed by atoms with Gasteiger partial charge in [-0.05, 0) is 43.4 Å². The summed E-state index contributed by atoms with van der Waals surface area (Å²) in [5.74, 6) is 0.604. The van der Waals surface area contributed by atoms with Crippen molar-refractivity contribution in [2.75, 3.05) is 7.11 Å². The number of H-pyrrole nitrogens is 1. The van der Waals surface area contributed by atoms with Crippen molar-refractivity contribution in [3.05, 3.63) is 63.1 Å². The van der Waals surface area contributed by atoms with Gasteiger partial charge in [0.1, 0.15) is 5.75 Å². The van der Waals surface area contributed by atoms with E-state index >= 15 is 0 Å². The maximum Gasteiger partial charge on any atom is 0.224 e. The van der Waals surface area contributed by atoms with Gasteiger partial charge >= 0.3 is 0 Å². The number of benzene rings is 1. The first-order valence-electron chi connectivity index (χ1n) is 8.29. The Bertz CT molecular complexity index is 795. The summed E-state index contributed by atoms with van der Waals surface area (Å²) in [4.78, 5) is 27.9. The number of nitrogens with one attached hydrogen (secondary N) is 2. The van der Waals surface area contributed by atoms with Crippen LogP contribution in [0.3, 0.4) is 0 Å². The first kappa shape index (κ1) is 16.3. The van der Waals surface area contributed by atoms with Crippen molar-refractivity contribution >= 4 is 5.91 Å². The lowest BCUT2D eigenvalue weighted by Gasteiger charge is -2.15. The standard InChI is InChI=1S/C19H22N2O3/c1-24-15-6-4-5-13(9-15)11-21-18(22)10-14-12-20-17-8-3-2-7-16(17)19(14)23/h4-6,9,12H,2-3,7-8,10-11H2,1H3,(H,20,23)(H,21,22). The third-order valence-corrected chi connectivity index (χ3v) is 4.43. The Morgan fingerprint density at radius 2 is 2.12 bits per heavy atom. The molecular formula is C19H22N2O3. The second-order valence-electron chi connectivity index (χ2n) is 6.11. The zero-order chi connectivity index (χ0) is 16.9. The van der Waals surface area contributed by atoms with Crippen molar-refractivity contribution in [2.24, 2.45) is 0 Å². The Morgan fingerprint density at radius 1 is 1.29 bits per heavy atom. The van der Waals surface area contributed by atoms with Crippen molar-refractivity contribution < 1.29 is 9.53 Å². The molecule has 1 heterocycles. The fourth-order valence-corrected chi connectivity index (χ4v) is 3.10. The number of pyridine rings is 1. The SMILES string of the molecule is COc1cccc(CNC(=O)Cc2c[nH]c3c(c2=O)CCCC3)c1. The molecule has 0 unspecified atom stereocenters. The Balaban J connectivity index is 1.64. The van der Waals surface area contributed by atoms with Crippen molar-refractivity contribution in [3.8, 4) is 5.75 Å². The third-order valence-electron chi connectivity index (χ3n) is 4.43. The van der Waals surface area contributed by atoms with E-state index in [9.17, 15) is 9.59 Å². The summed E-state index contributed by atoms with van der Waals surface area (Å²) in [6.45, 7) is 0.416. The number of aryl methyl sites for hydroxylation is 1. The predicted molar refractivity (Wildman–Crippen MR) is 92.2 cm³/mol. The van der Waals surface area contributed by atoms with Crippen molar-refractivity contribution in [3.63, 3.8) is 0 Å². The van der Waals surface area contributed by atoms with Crippen LogP contribution in [0, 0.1) is 0 Å². The Hall–Kier alpha value is -2.56. The van der Waals surface area contributed by atoms with Crippen LogP contribution in [0.1, 0.15) is 35.2 Å². The molecule has 5 heteroatoms. The number of hydrogen-bond acceptors (Lipinski definition) is 3. The summed E-state index contributed by atoms with van der Waals surface area (Å²) in [7, 11) is 1.61. The molecule has 0 spiro atoms. The van der Waals surface area contributed by atoms with Crippen LogP contribution in [0.25, 0.3) is 0 Å². The predicted octanol–water partition coefficient (Wildman–Crippen LogP) is 2.12. The maximum atomic E-state index is 12.5. The monoisotopic (exact) mass is 326 g/mol. The molecule has 1 aromatic heterocycles. The number of hydrogen-bond donors (Lipinski definition) is 2. The van der Waals surface area contributed by atoms with Gasteiger partial charge in [0.15, 0.2) is 5.43 Å². The summed E-state index contributed by atoms with van der Waals surface area (Å²) < 4.78 is 5.17. The molecule has 1 aliphatic carbocycles. The highest BCUT2D eigenvalue weighted by atomic mass is 16.5. The lowest BCUT2D eigenvalue weighted by molar-refractivity contribution is -0.120. The number of carbonyl (C=O) groups excluding carboxylic acids is 1. The fraction of sp³-hybridized carbons (Fsp3) is 0.368. The second kappa shape index (κ2) is 7.34. The molecule has 0 radical (unpaired) electrons. The van der Waals surface area contributed by atoms with Crippen LogP contribution in [0.5, 0.6) is 5.75 Å². The largest absolute Gasteiger partial charge is 0.497 e. The zero-order valence-corrected chi connectivity index (χ0v) is 13.9. The van der Waals surface area contributed by atoms with Gasteiger partial charge in [-0.1, -0.05) is 12.1 Å². The van der Waals surface area contributed by atoms with Crippen LogP contribution in [-0.4, -0.2) is 18.0 Å². The van der Waals surface area contributed by atoms with Gasteiger partial charge in [-0.25, -0.2) is 0 Å². The Morgan fingerprint density at radius 3 is 2.96 bits per heavy atom. The number of fused-ring (bicyclic) bond motifs is 1. The molecule has 0 saturated carbocycles. The van der Waals surface area contributed by atoms with Gasteiger partial charge in [0.2, 0.25) is 5.91 Å². The highest BCUT2D eigenvalue weighted by Gasteiger charge is 2.16. The van der Waals surface area contributed by atoms with E-state index in [4.69, 9.17) is 4.74 Å². The average Bonchev–Trinajstić information content (AvgIpc) is 2.63. The molecule has 1 aromatic carbocycles. The van der Waals surface area contributed by atoms with Crippen molar-refractivity contribution in [1.29, 1.82) is 0 Å². The van der Waals surface area contributed by atoms with Gasteiger partial charge in [0.25, 0.3) is 0 Å². The molecule has 24 heavy (non-hydrogen) atoms. The number of carbonyl (C=O) groups is 1. The van der Waals surface area contributed by atoms with Crippen molar-refractivity contribution in [2.45, 2.75) is 38.6 Å². The van der Waals surface area contributed by atoms with E-state index in [2.05, 4.69) is 10.3 Å². The van der Waals surface area contributed by atoms with Gasteiger partial charge in [-0.3, -0.25) is 9.59 Å². The van der Waals surface area contributed by atoms with Crippen LogP contribution < -0.4 is 15.5 Å².